The van der Waals surface area contributed by atoms with Crippen molar-refractivity contribution in [2.24, 2.45) is 0 Å². The van der Waals surface area contributed by atoms with Gasteiger partial charge in [0.2, 0.25) is 0 Å². The predicted molar refractivity (Wildman–Crippen MR) is 39.0 cm³/mol. The Morgan fingerprint density at radius 3 is 2.55 bits per heavy atom. The standard InChI is InChI=1S/C7H6ClFO2/c8-5-1-2-6(11)4(3-10)7(5)9/h1-2,10-11H,3H2. The molecule has 11 heavy (non-hydrogen) atoms. The molecule has 60 valence electrons. The maximum Gasteiger partial charge on any atom is 0.150 e. The third-order valence-corrected chi connectivity index (χ3v) is 1.62. The molecule has 0 bridgehead atoms. The molecule has 1 aromatic rings. The molecule has 0 aromatic heterocycles. The first-order valence-electron chi connectivity index (χ1n) is 2.93. The molecule has 1 aromatic carbocycles. The summed E-state index contributed by atoms with van der Waals surface area (Å²) >= 11 is 5.37. The second-order valence-electron chi connectivity index (χ2n) is 2.02. The van der Waals surface area contributed by atoms with E-state index in [1.807, 2.05) is 0 Å². The molecule has 0 spiro atoms. The number of aliphatic hydroxyl groups excluding tert-OH is 1. The molecular formula is C7H6ClFO2. The van der Waals surface area contributed by atoms with Crippen molar-refractivity contribution in [3.8, 4) is 5.75 Å². The summed E-state index contributed by atoms with van der Waals surface area (Å²) < 4.78 is 12.8. The van der Waals surface area contributed by atoms with E-state index in [0.29, 0.717) is 0 Å². The van der Waals surface area contributed by atoms with Gasteiger partial charge in [-0.05, 0) is 12.1 Å². The van der Waals surface area contributed by atoms with Crippen LogP contribution in [0.4, 0.5) is 4.39 Å². The van der Waals surface area contributed by atoms with E-state index in [-0.39, 0.29) is 16.3 Å². The van der Waals surface area contributed by atoms with Crippen molar-refractivity contribution in [2.45, 2.75) is 6.61 Å². The Bertz CT molecular complexity index is 275. The fourth-order valence-electron chi connectivity index (χ4n) is 0.733. The van der Waals surface area contributed by atoms with Gasteiger partial charge < -0.3 is 10.2 Å². The normalized spacial score (nSPS) is 10.1. The third-order valence-electron chi connectivity index (χ3n) is 1.33. The van der Waals surface area contributed by atoms with Crippen LogP contribution in [0.2, 0.25) is 5.02 Å². The molecule has 2 nitrogen and oxygen atoms in total. The van der Waals surface area contributed by atoms with Crippen LogP contribution in [0.5, 0.6) is 5.75 Å². The van der Waals surface area contributed by atoms with Crippen molar-refractivity contribution in [3.05, 3.63) is 28.5 Å². The average molecular weight is 177 g/mol. The summed E-state index contributed by atoms with van der Waals surface area (Å²) in [5, 5.41) is 17.4. The minimum Gasteiger partial charge on any atom is -0.507 e. The second kappa shape index (κ2) is 3.07. The SMILES string of the molecule is OCc1c(O)ccc(Cl)c1F. The van der Waals surface area contributed by atoms with Gasteiger partial charge in [-0.2, -0.15) is 0 Å². The average Bonchev–Trinajstić information content (AvgIpc) is 1.99. The van der Waals surface area contributed by atoms with E-state index in [4.69, 9.17) is 21.8 Å². The summed E-state index contributed by atoms with van der Waals surface area (Å²) in [5.74, 6) is -1.05. The maximum absolute atomic E-state index is 12.8. The maximum atomic E-state index is 12.8. The van der Waals surface area contributed by atoms with Crippen molar-refractivity contribution in [3.63, 3.8) is 0 Å². The van der Waals surface area contributed by atoms with Crippen LogP contribution in [-0.2, 0) is 6.61 Å². The summed E-state index contributed by atoms with van der Waals surface area (Å²) in [7, 11) is 0. The number of aliphatic hydroxyl groups is 1. The van der Waals surface area contributed by atoms with Crippen molar-refractivity contribution >= 4 is 11.6 Å². The summed E-state index contributed by atoms with van der Waals surface area (Å²) in [6, 6.07) is 2.46. The molecular weight excluding hydrogens is 171 g/mol. The third kappa shape index (κ3) is 1.44. The Labute approximate surface area is 67.9 Å². The Hall–Kier alpha value is -0.800. The first kappa shape index (κ1) is 8.30. The molecule has 0 saturated heterocycles. The van der Waals surface area contributed by atoms with Gasteiger partial charge in [0.1, 0.15) is 5.75 Å². The van der Waals surface area contributed by atoms with E-state index in [9.17, 15) is 4.39 Å². The van der Waals surface area contributed by atoms with Crippen LogP contribution in [0, 0.1) is 5.82 Å². The molecule has 0 aliphatic heterocycles. The molecule has 0 atom stereocenters. The molecule has 2 N–H and O–H groups in total. The fraction of sp³-hybridized carbons (Fsp3) is 0.143. The van der Waals surface area contributed by atoms with E-state index < -0.39 is 12.4 Å². The van der Waals surface area contributed by atoms with Crippen molar-refractivity contribution in [2.75, 3.05) is 0 Å². The first-order valence-corrected chi connectivity index (χ1v) is 3.31. The van der Waals surface area contributed by atoms with Gasteiger partial charge in [0.25, 0.3) is 0 Å². The van der Waals surface area contributed by atoms with Crippen LogP contribution in [0.25, 0.3) is 0 Å². The number of hydrogen-bond acceptors (Lipinski definition) is 2. The van der Waals surface area contributed by atoms with Crippen LogP contribution in [0.15, 0.2) is 12.1 Å². The number of hydrogen-bond donors (Lipinski definition) is 2. The van der Waals surface area contributed by atoms with Gasteiger partial charge in [0.15, 0.2) is 5.82 Å². The number of halogens is 2. The van der Waals surface area contributed by atoms with Gasteiger partial charge in [-0.15, -0.1) is 0 Å². The summed E-state index contributed by atoms with van der Waals surface area (Å²) in [4.78, 5) is 0. The monoisotopic (exact) mass is 176 g/mol. The lowest BCUT2D eigenvalue weighted by Crippen LogP contribution is -1.90. The minimum atomic E-state index is -0.769. The Morgan fingerprint density at radius 1 is 1.45 bits per heavy atom. The van der Waals surface area contributed by atoms with Crippen molar-refractivity contribution < 1.29 is 14.6 Å². The van der Waals surface area contributed by atoms with Crippen molar-refractivity contribution in [1.82, 2.24) is 0 Å². The molecule has 0 amide bonds. The van der Waals surface area contributed by atoms with Gasteiger partial charge in [0, 0.05) is 0 Å². The number of phenols is 1. The first-order chi connectivity index (χ1) is 5.16. The largest absolute Gasteiger partial charge is 0.507 e. The van der Waals surface area contributed by atoms with Gasteiger partial charge in [-0.1, -0.05) is 11.6 Å². The lowest BCUT2D eigenvalue weighted by atomic mass is 10.2. The topological polar surface area (TPSA) is 40.5 Å². The lowest BCUT2D eigenvalue weighted by Gasteiger charge is -2.02. The van der Waals surface area contributed by atoms with E-state index in [1.54, 1.807) is 0 Å². The molecule has 4 heteroatoms. The zero-order valence-corrected chi connectivity index (χ0v) is 6.27. The van der Waals surface area contributed by atoms with Crippen LogP contribution in [-0.4, -0.2) is 10.2 Å². The Balaban J connectivity index is 3.29. The van der Waals surface area contributed by atoms with E-state index in [0.717, 1.165) is 0 Å². The van der Waals surface area contributed by atoms with Crippen LogP contribution < -0.4 is 0 Å². The highest BCUT2D eigenvalue weighted by Crippen LogP contribution is 2.25. The molecule has 1 rings (SSSR count). The zero-order valence-electron chi connectivity index (χ0n) is 5.51. The second-order valence-corrected chi connectivity index (χ2v) is 2.42. The number of benzene rings is 1. The molecule has 0 unspecified atom stereocenters. The van der Waals surface area contributed by atoms with Gasteiger partial charge in [0.05, 0.1) is 17.2 Å². The molecule has 0 aliphatic rings. The summed E-state index contributed by atoms with van der Waals surface area (Å²) in [6.45, 7) is -0.557. The highest BCUT2D eigenvalue weighted by molar-refractivity contribution is 6.30. The van der Waals surface area contributed by atoms with Gasteiger partial charge >= 0.3 is 0 Å². The minimum absolute atomic E-state index is 0.105. The van der Waals surface area contributed by atoms with Crippen LogP contribution in [0.3, 0.4) is 0 Å². The van der Waals surface area contributed by atoms with E-state index in [2.05, 4.69) is 0 Å². The summed E-state index contributed by atoms with van der Waals surface area (Å²) in [5.41, 5.74) is -0.169. The van der Waals surface area contributed by atoms with E-state index >= 15 is 0 Å². The molecule has 0 heterocycles. The van der Waals surface area contributed by atoms with Crippen LogP contribution >= 0.6 is 11.6 Å². The zero-order chi connectivity index (χ0) is 8.43. The van der Waals surface area contributed by atoms with E-state index in [1.165, 1.54) is 12.1 Å². The smallest absolute Gasteiger partial charge is 0.150 e. The molecule has 0 radical (unpaired) electrons. The molecule has 0 saturated carbocycles. The number of rotatable bonds is 1. The van der Waals surface area contributed by atoms with Crippen molar-refractivity contribution in [1.29, 1.82) is 0 Å². The molecule has 0 aliphatic carbocycles. The summed E-state index contributed by atoms with van der Waals surface area (Å²) in [6.07, 6.45) is 0. The highest BCUT2D eigenvalue weighted by atomic mass is 35.5. The number of aromatic hydroxyl groups is 1. The Morgan fingerprint density at radius 2 is 2.09 bits per heavy atom. The van der Waals surface area contributed by atoms with Gasteiger partial charge in [-0.25, -0.2) is 4.39 Å². The highest BCUT2D eigenvalue weighted by Gasteiger charge is 2.09. The fourth-order valence-corrected chi connectivity index (χ4v) is 0.910. The molecule has 0 fully saturated rings. The Kier molecular flexibility index (Phi) is 2.31. The van der Waals surface area contributed by atoms with Crippen LogP contribution in [0.1, 0.15) is 5.56 Å². The predicted octanol–water partition coefficient (Wildman–Crippen LogP) is 1.68. The quantitative estimate of drug-likeness (QED) is 0.684. The lowest BCUT2D eigenvalue weighted by molar-refractivity contribution is 0.269. The van der Waals surface area contributed by atoms with Gasteiger partial charge in [-0.3, -0.25) is 0 Å².